The van der Waals surface area contributed by atoms with Crippen LogP contribution in [0.3, 0.4) is 0 Å². The second kappa shape index (κ2) is 9.76. The molecule has 1 saturated carbocycles. The normalized spacial score (nSPS) is 14.2. The summed E-state index contributed by atoms with van der Waals surface area (Å²) in [5.74, 6) is 0.422. The van der Waals surface area contributed by atoms with Gasteiger partial charge in [-0.1, -0.05) is 17.7 Å². The first-order valence-electron chi connectivity index (χ1n) is 9.75. The number of rotatable bonds is 9. The molecule has 1 fully saturated rings. The number of hydrogen-bond donors (Lipinski definition) is 3. The van der Waals surface area contributed by atoms with Crippen LogP contribution >= 0.6 is 11.6 Å². The molecule has 0 aliphatic heterocycles. The van der Waals surface area contributed by atoms with Gasteiger partial charge in [0.05, 0.1) is 19.7 Å². The largest absolute Gasteiger partial charge is 0.497 e. The van der Waals surface area contributed by atoms with Crippen molar-refractivity contribution in [2.45, 2.75) is 32.4 Å². The zero-order valence-electron chi connectivity index (χ0n) is 16.8. The van der Waals surface area contributed by atoms with E-state index in [-0.39, 0.29) is 18.4 Å². The summed E-state index contributed by atoms with van der Waals surface area (Å²) in [5, 5.41) is 6.11. The number of anilines is 1. The summed E-state index contributed by atoms with van der Waals surface area (Å²) in [6.45, 7) is 2.90. The molecule has 3 rings (SSSR count). The highest BCUT2D eigenvalue weighted by atomic mass is 35.5. The smallest absolute Gasteiger partial charge is 0.275 e. The lowest BCUT2D eigenvalue weighted by molar-refractivity contribution is -0.917. The molecule has 1 unspecified atom stereocenters. The lowest BCUT2D eigenvalue weighted by Crippen LogP contribution is -3.13. The van der Waals surface area contributed by atoms with Crippen molar-refractivity contribution in [2.24, 2.45) is 0 Å². The molecule has 1 aliphatic rings. The van der Waals surface area contributed by atoms with E-state index in [0.717, 1.165) is 36.3 Å². The molecule has 3 N–H and O–H groups in total. The molecule has 1 aliphatic carbocycles. The number of methoxy groups -OCH3 is 1. The topological polar surface area (TPSA) is 71.9 Å². The molecule has 0 aromatic heterocycles. The minimum absolute atomic E-state index is 0.0642. The molecule has 154 valence electrons. The summed E-state index contributed by atoms with van der Waals surface area (Å²) in [6, 6.07) is 13.8. The number of hydrogen-bond acceptors (Lipinski definition) is 3. The van der Waals surface area contributed by atoms with Gasteiger partial charge < -0.3 is 20.3 Å². The molecule has 7 heteroatoms. The third-order valence-electron chi connectivity index (χ3n) is 5.12. The Labute approximate surface area is 176 Å². The second-order valence-corrected chi connectivity index (χ2v) is 7.78. The number of halogens is 1. The molecule has 1 atom stereocenters. The van der Waals surface area contributed by atoms with Gasteiger partial charge in [0.25, 0.3) is 5.91 Å². The Balaban J connectivity index is 1.48. The number of amides is 2. The Morgan fingerprint density at radius 2 is 1.86 bits per heavy atom. The van der Waals surface area contributed by atoms with Gasteiger partial charge in [-0.25, -0.2) is 0 Å². The van der Waals surface area contributed by atoms with Crippen molar-refractivity contribution in [1.82, 2.24) is 5.32 Å². The van der Waals surface area contributed by atoms with Crippen molar-refractivity contribution >= 4 is 29.1 Å². The van der Waals surface area contributed by atoms with Gasteiger partial charge in [0.1, 0.15) is 12.3 Å². The van der Waals surface area contributed by atoms with Crippen LogP contribution in [0.25, 0.3) is 0 Å². The van der Waals surface area contributed by atoms with E-state index in [2.05, 4.69) is 10.6 Å². The summed E-state index contributed by atoms with van der Waals surface area (Å²) in [7, 11) is 1.64. The molecule has 0 radical (unpaired) electrons. The summed E-state index contributed by atoms with van der Waals surface area (Å²) < 4.78 is 5.19. The molecule has 2 aromatic carbocycles. The molecule has 29 heavy (non-hydrogen) atoms. The van der Waals surface area contributed by atoms with Gasteiger partial charge in [-0.05, 0) is 48.9 Å². The first-order chi connectivity index (χ1) is 14.0. The van der Waals surface area contributed by atoms with Crippen LogP contribution in [-0.2, 0) is 16.1 Å². The fourth-order valence-corrected chi connectivity index (χ4v) is 3.41. The van der Waals surface area contributed by atoms with Crippen molar-refractivity contribution in [3.8, 4) is 5.75 Å². The van der Waals surface area contributed by atoms with E-state index < -0.39 is 0 Å². The minimum atomic E-state index is -0.271. The van der Waals surface area contributed by atoms with Gasteiger partial charge in [-0.3, -0.25) is 9.59 Å². The lowest BCUT2D eigenvalue weighted by Gasteiger charge is -2.19. The molecule has 0 spiro atoms. The number of benzene rings is 2. The highest BCUT2D eigenvalue weighted by molar-refractivity contribution is 6.31. The Morgan fingerprint density at radius 3 is 2.52 bits per heavy atom. The molecule has 0 bridgehead atoms. The fraction of sp³-hybridized carbons (Fsp3) is 0.364. The molecule has 2 aromatic rings. The van der Waals surface area contributed by atoms with E-state index >= 15 is 0 Å². The van der Waals surface area contributed by atoms with Crippen LogP contribution in [0.2, 0.25) is 5.02 Å². The zero-order chi connectivity index (χ0) is 20.8. The number of carbonyl (C=O) groups is 2. The summed E-state index contributed by atoms with van der Waals surface area (Å²) in [6.07, 6.45) is 2.26. The van der Waals surface area contributed by atoms with E-state index in [1.54, 1.807) is 25.3 Å². The van der Waals surface area contributed by atoms with Gasteiger partial charge in [0, 0.05) is 29.1 Å². The predicted molar refractivity (Wildman–Crippen MR) is 113 cm³/mol. The van der Waals surface area contributed by atoms with Gasteiger partial charge in [-0.15, -0.1) is 0 Å². The Kier molecular flexibility index (Phi) is 7.12. The van der Waals surface area contributed by atoms with E-state index in [0.29, 0.717) is 23.3 Å². The lowest BCUT2D eigenvalue weighted by atomic mass is 10.2. The summed E-state index contributed by atoms with van der Waals surface area (Å²) in [5.41, 5.74) is 2.62. The van der Waals surface area contributed by atoms with Crippen LogP contribution in [0.1, 0.15) is 24.0 Å². The van der Waals surface area contributed by atoms with Crippen LogP contribution in [0.5, 0.6) is 5.75 Å². The van der Waals surface area contributed by atoms with Crippen molar-refractivity contribution in [2.75, 3.05) is 25.5 Å². The number of nitrogens with one attached hydrogen (secondary N) is 3. The van der Waals surface area contributed by atoms with E-state index in [1.165, 1.54) is 4.90 Å². The number of quaternary nitrogens is 1. The quantitative estimate of drug-likeness (QED) is 0.585. The second-order valence-electron chi connectivity index (χ2n) is 7.37. The fourth-order valence-electron chi connectivity index (χ4n) is 3.23. The average molecular weight is 417 g/mol. The van der Waals surface area contributed by atoms with E-state index in [4.69, 9.17) is 16.3 Å². The first-order valence-corrected chi connectivity index (χ1v) is 10.1. The third kappa shape index (κ3) is 6.21. The molecule has 0 heterocycles. The van der Waals surface area contributed by atoms with Crippen LogP contribution < -0.4 is 20.3 Å². The SMILES string of the molecule is COc1ccc(C[NH+](CC(=O)NCC(=O)Nc2cccc(Cl)c2C)C2CC2)cc1. The van der Waals surface area contributed by atoms with E-state index in [1.807, 2.05) is 31.2 Å². The van der Waals surface area contributed by atoms with Crippen LogP contribution in [0.4, 0.5) is 5.69 Å². The number of carbonyl (C=O) groups excluding carboxylic acids is 2. The highest BCUT2D eigenvalue weighted by Gasteiger charge is 2.34. The van der Waals surface area contributed by atoms with Crippen molar-refractivity contribution in [3.63, 3.8) is 0 Å². The molecule has 0 saturated heterocycles. The van der Waals surface area contributed by atoms with Crippen LogP contribution in [0, 0.1) is 6.92 Å². The molecular weight excluding hydrogens is 390 g/mol. The van der Waals surface area contributed by atoms with Gasteiger partial charge in [0.15, 0.2) is 6.54 Å². The first kappa shape index (κ1) is 21.1. The van der Waals surface area contributed by atoms with Gasteiger partial charge >= 0.3 is 0 Å². The third-order valence-corrected chi connectivity index (χ3v) is 5.53. The zero-order valence-corrected chi connectivity index (χ0v) is 17.5. The van der Waals surface area contributed by atoms with Gasteiger partial charge in [-0.2, -0.15) is 0 Å². The van der Waals surface area contributed by atoms with Crippen molar-refractivity contribution in [1.29, 1.82) is 0 Å². The average Bonchev–Trinajstić information content (AvgIpc) is 3.55. The van der Waals surface area contributed by atoms with Crippen LogP contribution in [-0.4, -0.2) is 38.1 Å². The highest BCUT2D eigenvalue weighted by Crippen LogP contribution is 2.22. The molecular formula is C22H27ClN3O3+. The van der Waals surface area contributed by atoms with Gasteiger partial charge in [0.2, 0.25) is 5.91 Å². The molecule has 6 nitrogen and oxygen atoms in total. The maximum Gasteiger partial charge on any atom is 0.275 e. The predicted octanol–water partition coefficient (Wildman–Crippen LogP) is 1.96. The standard InChI is InChI=1S/C22H26ClN3O3/c1-15-19(23)4-3-5-20(15)25-21(27)12-24-22(28)14-26(17-8-9-17)13-16-6-10-18(29-2)11-7-16/h3-7,10-11,17H,8-9,12-14H2,1-2H3,(H,24,28)(H,25,27)/p+1. The molecule has 2 amide bonds. The maximum absolute atomic E-state index is 12.4. The van der Waals surface area contributed by atoms with Crippen molar-refractivity contribution in [3.05, 3.63) is 58.6 Å². The Bertz CT molecular complexity index is 866. The van der Waals surface area contributed by atoms with Crippen molar-refractivity contribution < 1.29 is 19.2 Å². The monoisotopic (exact) mass is 416 g/mol. The maximum atomic E-state index is 12.4. The Morgan fingerprint density at radius 1 is 1.14 bits per heavy atom. The minimum Gasteiger partial charge on any atom is -0.497 e. The number of ether oxygens (including phenoxy) is 1. The summed E-state index contributed by atoms with van der Waals surface area (Å²) in [4.78, 5) is 25.8. The summed E-state index contributed by atoms with van der Waals surface area (Å²) >= 11 is 6.07. The van der Waals surface area contributed by atoms with Crippen LogP contribution in [0.15, 0.2) is 42.5 Å². The van der Waals surface area contributed by atoms with E-state index in [9.17, 15) is 9.59 Å². The Hall–Kier alpha value is -2.57.